The minimum absolute atomic E-state index is 0.0157. The van der Waals surface area contributed by atoms with Crippen molar-refractivity contribution < 1.29 is 55.9 Å². The molecule has 0 aromatic carbocycles. The zero-order chi connectivity index (χ0) is 23.6. The summed E-state index contributed by atoms with van der Waals surface area (Å²) in [5.74, 6) is 0. The summed E-state index contributed by atoms with van der Waals surface area (Å²) in [4.78, 5) is 61.4. The maximum absolute atomic E-state index is 12.0. The number of hydrogen-bond acceptors (Lipinski definition) is 10. The molecule has 176 valence electrons. The normalized spacial score (nSPS) is 25.5. The van der Waals surface area contributed by atoms with Crippen LogP contribution in [0.2, 0.25) is 0 Å². The van der Waals surface area contributed by atoms with E-state index in [1.54, 1.807) is 0 Å². The van der Waals surface area contributed by atoms with E-state index in [0.29, 0.717) is 0 Å². The van der Waals surface area contributed by atoms with Crippen LogP contribution in [-0.2, 0) is 36.3 Å². The lowest BCUT2D eigenvalue weighted by atomic mass is 10.2. The fraction of sp³-hybridized carbons (Fsp3) is 0.500. The van der Waals surface area contributed by atoms with E-state index in [2.05, 4.69) is 24.7 Å². The average molecular weight is 508 g/mol. The van der Waals surface area contributed by atoms with Gasteiger partial charge in [0.1, 0.15) is 18.4 Å². The van der Waals surface area contributed by atoms with Crippen molar-refractivity contribution >= 4 is 23.5 Å². The number of rotatable bonds is 10. The minimum Gasteiger partial charge on any atom is -0.496 e. The summed E-state index contributed by atoms with van der Waals surface area (Å²) in [6.45, 7) is 4.04. The molecule has 2 heterocycles. The predicted octanol–water partition coefficient (Wildman–Crippen LogP) is 0.00452. The number of ether oxygens (including phenoxy) is 2. The molecule has 19 heteroatoms. The number of phosphoric ester groups is 1. The molecule has 1 aliphatic rings. The Balaban J connectivity index is 2.12. The molecule has 1 aromatic rings. The van der Waals surface area contributed by atoms with Gasteiger partial charge < -0.3 is 29.0 Å². The zero-order valence-electron chi connectivity index (χ0n) is 15.7. The van der Waals surface area contributed by atoms with E-state index in [4.69, 9.17) is 24.2 Å². The van der Waals surface area contributed by atoms with Crippen molar-refractivity contribution in [3.63, 3.8) is 0 Å². The third-order valence-corrected chi connectivity index (χ3v) is 7.53. The lowest BCUT2D eigenvalue weighted by molar-refractivity contribution is -0.0471. The molecule has 5 atom stereocenters. The smallest absolute Gasteiger partial charge is 0.490 e. The van der Waals surface area contributed by atoms with Crippen molar-refractivity contribution in [2.45, 2.75) is 31.8 Å². The minimum atomic E-state index is -5.67. The highest BCUT2D eigenvalue weighted by Crippen LogP contribution is 2.66. The largest absolute Gasteiger partial charge is 0.496 e. The van der Waals surface area contributed by atoms with Gasteiger partial charge in [-0.1, -0.05) is 6.58 Å². The van der Waals surface area contributed by atoms with Crippen LogP contribution in [0.1, 0.15) is 18.2 Å². The first-order valence-corrected chi connectivity index (χ1v) is 12.7. The molecule has 5 N–H and O–H groups in total. The fourth-order valence-electron chi connectivity index (χ4n) is 2.56. The van der Waals surface area contributed by atoms with E-state index in [1.165, 1.54) is 13.1 Å². The lowest BCUT2D eigenvalue weighted by Gasteiger charge is -2.20. The third-order valence-electron chi connectivity index (χ3n) is 3.73. The van der Waals surface area contributed by atoms with Gasteiger partial charge in [0.15, 0.2) is 0 Å². The van der Waals surface area contributed by atoms with E-state index in [-0.39, 0.29) is 12.0 Å². The molecular formula is C12H19N2O14P3. The number of aromatic nitrogens is 2. The number of aromatic amines is 1. The van der Waals surface area contributed by atoms with E-state index in [1.807, 2.05) is 0 Å². The standard InChI is InChI=1S/C12H19N2O14P3/c1-3-24-8-4-10(14-5-7(2)11(15)13-12(14)16)26-9(8)6-25-30(20,21)28-31(22,23)27-29(17,18)19/h3,5,8-10H,1,4,6H2,2H3,(H,20,21)(H,22,23)(H,13,15,16)(H2,17,18,19)/t8-,9?,10-/m1/s1. The number of hydrogen-bond donors (Lipinski definition) is 5. The maximum atomic E-state index is 12.0. The van der Waals surface area contributed by atoms with Crippen molar-refractivity contribution in [1.82, 2.24) is 9.55 Å². The highest BCUT2D eigenvalue weighted by Gasteiger charge is 2.43. The van der Waals surface area contributed by atoms with Gasteiger partial charge in [0.05, 0.1) is 12.9 Å². The van der Waals surface area contributed by atoms with Crippen LogP contribution in [0.5, 0.6) is 0 Å². The second-order valence-corrected chi connectivity index (χ2v) is 10.5. The number of H-pyrrole nitrogens is 1. The summed E-state index contributed by atoms with van der Waals surface area (Å²) in [5.41, 5.74) is -1.17. The number of aryl methyl sites for hydroxylation is 1. The SMILES string of the molecule is C=CO[C@@H]1C[C@H](n2cc(C)c(=O)[nH]c2=O)OC1COP(=O)(O)OP(=O)(O)OP(=O)(O)O. The molecule has 3 unspecified atom stereocenters. The van der Waals surface area contributed by atoms with Crippen molar-refractivity contribution in [3.05, 3.63) is 45.4 Å². The molecular weight excluding hydrogens is 489 g/mol. The van der Waals surface area contributed by atoms with E-state index < -0.39 is 59.8 Å². The van der Waals surface area contributed by atoms with Crippen molar-refractivity contribution in [2.75, 3.05) is 6.61 Å². The Morgan fingerprint density at radius 3 is 2.45 bits per heavy atom. The highest BCUT2D eigenvalue weighted by atomic mass is 31.3. The Labute approximate surface area is 173 Å². The van der Waals surface area contributed by atoms with Gasteiger partial charge in [0, 0.05) is 18.2 Å². The third kappa shape index (κ3) is 7.59. The van der Waals surface area contributed by atoms with Gasteiger partial charge in [-0.15, -0.1) is 0 Å². The topological polar surface area (TPSA) is 233 Å². The number of nitrogens with one attached hydrogen (secondary N) is 1. The molecule has 1 aliphatic heterocycles. The van der Waals surface area contributed by atoms with Crippen LogP contribution in [0.25, 0.3) is 0 Å². The van der Waals surface area contributed by atoms with Crippen LogP contribution in [0.15, 0.2) is 28.6 Å². The molecule has 0 amide bonds. The molecule has 16 nitrogen and oxygen atoms in total. The van der Waals surface area contributed by atoms with Gasteiger partial charge in [-0.2, -0.15) is 8.62 Å². The maximum Gasteiger partial charge on any atom is 0.490 e. The van der Waals surface area contributed by atoms with E-state index >= 15 is 0 Å². The lowest BCUT2D eigenvalue weighted by Crippen LogP contribution is -2.33. The summed E-state index contributed by atoms with van der Waals surface area (Å²) in [7, 11) is -16.6. The van der Waals surface area contributed by atoms with Crippen LogP contribution in [0, 0.1) is 6.92 Å². The number of phosphoric acid groups is 3. The van der Waals surface area contributed by atoms with Gasteiger partial charge >= 0.3 is 29.2 Å². The van der Waals surface area contributed by atoms with Crippen LogP contribution < -0.4 is 11.2 Å². The first-order valence-electron chi connectivity index (χ1n) is 8.15. The first-order chi connectivity index (χ1) is 14.1. The molecule has 1 saturated heterocycles. The molecule has 1 aromatic heterocycles. The Morgan fingerprint density at radius 1 is 1.23 bits per heavy atom. The molecule has 0 radical (unpaired) electrons. The van der Waals surface area contributed by atoms with Crippen molar-refractivity contribution in [2.24, 2.45) is 0 Å². The molecule has 0 bridgehead atoms. The first kappa shape index (κ1) is 25.8. The van der Waals surface area contributed by atoms with Crippen LogP contribution in [-0.4, -0.2) is 47.9 Å². The summed E-state index contributed by atoms with van der Waals surface area (Å²) in [6, 6.07) is 0. The Bertz CT molecular complexity index is 1080. The van der Waals surface area contributed by atoms with E-state index in [9.17, 15) is 28.2 Å². The summed E-state index contributed by atoms with van der Waals surface area (Å²) in [5, 5.41) is 0. The van der Waals surface area contributed by atoms with Gasteiger partial charge in [0.2, 0.25) is 0 Å². The van der Waals surface area contributed by atoms with Gasteiger partial charge in [-0.25, -0.2) is 18.5 Å². The van der Waals surface area contributed by atoms with Crippen LogP contribution >= 0.6 is 23.5 Å². The quantitative estimate of drug-likeness (QED) is 0.207. The molecule has 0 saturated carbocycles. The van der Waals surface area contributed by atoms with Crippen LogP contribution in [0.3, 0.4) is 0 Å². The molecule has 0 aliphatic carbocycles. The van der Waals surface area contributed by atoms with Gasteiger partial charge in [-0.05, 0) is 6.92 Å². The van der Waals surface area contributed by atoms with E-state index in [0.717, 1.165) is 10.8 Å². The fourth-order valence-corrected chi connectivity index (χ4v) is 5.59. The summed E-state index contributed by atoms with van der Waals surface area (Å²) >= 11 is 0. The highest BCUT2D eigenvalue weighted by molar-refractivity contribution is 7.66. The predicted molar refractivity (Wildman–Crippen MR) is 99.5 cm³/mol. The average Bonchev–Trinajstić information content (AvgIpc) is 2.96. The van der Waals surface area contributed by atoms with Crippen LogP contribution in [0.4, 0.5) is 0 Å². The van der Waals surface area contributed by atoms with Crippen molar-refractivity contribution in [1.29, 1.82) is 0 Å². The summed E-state index contributed by atoms with van der Waals surface area (Å²) in [6.07, 6.45) is -0.693. The molecule has 1 fully saturated rings. The Morgan fingerprint density at radius 2 is 1.87 bits per heavy atom. The second-order valence-electron chi connectivity index (χ2n) is 6.07. The number of nitrogens with zero attached hydrogens (tertiary/aromatic N) is 1. The zero-order valence-corrected chi connectivity index (χ0v) is 18.4. The van der Waals surface area contributed by atoms with Crippen molar-refractivity contribution in [3.8, 4) is 0 Å². The monoisotopic (exact) mass is 508 g/mol. The molecule has 0 spiro atoms. The van der Waals surface area contributed by atoms with Gasteiger partial charge in [-0.3, -0.25) is 18.9 Å². The van der Waals surface area contributed by atoms with Gasteiger partial charge in [0.25, 0.3) is 5.56 Å². The second kappa shape index (κ2) is 9.61. The summed E-state index contributed by atoms with van der Waals surface area (Å²) < 4.78 is 57.5. The molecule has 2 rings (SSSR count). The Hall–Kier alpha value is -1.41. The molecule has 31 heavy (non-hydrogen) atoms. The Kier molecular flexibility index (Phi) is 8.01.